The van der Waals surface area contributed by atoms with Crippen LogP contribution < -0.4 is 14.2 Å². The van der Waals surface area contributed by atoms with Crippen molar-refractivity contribution in [2.75, 3.05) is 13.2 Å². The minimum Gasteiger partial charge on any atom is -0.494 e. The zero-order chi connectivity index (χ0) is 27.0. The highest BCUT2D eigenvalue weighted by molar-refractivity contribution is 6.06. The quantitative estimate of drug-likeness (QED) is 0.0632. The van der Waals surface area contributed by atoms with E-state index < -0.39 is 5.97 Å². The number of allylic oxidation sites excluding steroid dienone is 1. The lowest BCUT2D eigenvalue weighted by atomic mass is 10.1. The summed E-state index contributed by atoms with van der Waals surface area (Å²) in [5.41, 5.74) is 1.86. The molecule has 0 bridgehead atoms. The maximum Gasteiger partial charge on any atom is 0.343 e. The highest BCUT2D eigenvalue weighted by Gasteiger charge is 2.10. The third kappa shape index (κ3) is 9.89. The van der Waals surface area contributed by atoms with E-state index in [1.165, 1.54) is 38.2 Å². The number of carbonyl (C=O) groups excluding carboxylic acids is 2. The summed E-state index contributed by atoms with van der Waals surface area (Å²) in [7, 11) is 0. The van der Waals surface area contributed by atoms with Gasteiger partial charge in [0.1, 0.15) is 17.2 Å². The van der Waals surface area contributed by atoms with Crippen LogP contribution in [0.25, 0.3) is 6.08 Å². The van der Waals surface area contributed by atoms with E-state index in [-0.39, 0.29) is 5.78 Å². The summed E-state index contributed by atoms with van der Waals surface area (Å²) in [6, 6.07) is 21.1. The number of carbonyl (C=O) groups is 2. The van der Waals surface area contributed by atoms with E-state index in [1.54, 1.807) is 54.6 Å². The molecule has 0 saturated heterocycles. The number of ether oxygens (including phenoxy) is 3. The van der Waals surface area contributed by atoms with Crippen molar-refractivity contribution >= 4 is 17.8 Å². The normalized spacial score (nSPS) is 10.9. The third-order valence-corrected chi connectivity index (χ3v) is 5.99. The summed E-state index contributed by atoms with van der Waals surface area (Å²) in [5.74, 6) is 1.33. The van der Waals surface area contributed by atoms with Gasteiger partial charge in [-0.3, -0.25) is 4.79 Å². The van der Waals surface area contributed by atoms with E-state index in [1.807, 2.05) is 31.2 Å². The van der Waals surface area contributed by atoms with Gasteiger partial charge < -0.3 is 14.2 Å². The van der Waals surface area contributed by atoms with Gasteiger partial charge in [0.2, 0.25) is 0 Å². The van der Waals surface area contributed by atoms with Gasteiger partial charge in [-0.05, 0) is 85.1 Å². The van der Waals surface area contributed by atoms with Crippen molar-refractivity contribution in [1.82, 2.24) is 0 Å². The Kier molecular flexibility index (Phi) is 12.1. The molecule has 0 aromatic heterocycles. The summed E-state index contributed by atoms with van der Waals surface area (Å²) >= 11 is 0. The Morgan fingerprint density at radius 1 is 0.605 bits per heavy atom. The Hall–Kier alpha value is -3.86. The molecule has 0 spiro atoms. The molecule has 3 aromatic carbocycles. The molecule has 0 aliphatic rings. The molecule has 0 unspecified atom stereocenters. The molecular formula is C33H38O5. The molecule has 38 heavy (non-hydrogen) atoms. The molecule has 0 saturated carbocycles. The van der Waals surface area contributed by atoms with E-state index >= 15 is 0 Å². The molecule has 0 radical (unpaired) electrons. The number of esters is 1. The Bertz CT molecular complexity index is 1150. The van der Waals surface area contributed by atoms with Crippen LogP contribution in [0, 0.1) is 0 Å². The maximum absolute atomic E-state index is 12.6. The number of hydrogen-bond donors (Lipinski definition) is 0. The molecule has 0 aliphatic carbocycles. The summed E-state index contributed by atoms with van der Waals surface area (Å²) in [6.07, 6.45) is 11.7. The van der Waals surface area contributed by atoms with Crippen LogP contribution in [0.15, 0.2) is 78.9 Å². The number of ketones is 1. The maximum atomic E-state index is 12.6. The van der Waals surface area contributed by atoms with Gasteiger partial charge in [0.25, 0.3) is 0 Å². The average molecular weight is 515 g/mol. The largest absolute Gasteiger partial charge is 0.494 e. The predicted octanol–water partition coefficient (Wildman–Crippen LogP) is 8.33. The molecule has 0 heterocycles. The Morgan fingerprint density at radius 2 is 1.16 bits per heavy atom. The first-order valence-electron chi connectivity index (χ1n) is 13.6. The summed E-state index contributed by atoms with van der Waals surface area (Å²) < 4.78 is 16.8. The van der Waals surface area contributed by atoms with Crippen molar-refractivity contribution in [3.05, 3.63) is 95.6 Å². The third-order valence-electron chi connectivity index (χ3n) is 5.99. The second-order valence-electron chi connectivity index (χ2n) is 9.17. The lowest BCUT2D eigenvalue weighted by Crippen LogP contribution is -2.08. The Balaban J connectivity index is 1.44. The van der Waals surface area contributed by atoms with Gasteiger partial charge in [-0.1, -0.05) is 64.2 Å². The van der Waals surface area contributed by atoms with Gasteiger partial charge in [-0.15, -0.1) is 0 Å². The van der Waals surface area contributed by atoms with Crippen molar-refractivity contribution in [3.8, 4) is 17.2 Å². The topological polar surface area (TPSA) is 61.8 Å². The molecule has 5 nitrogen and oxygen atoms in total. The summed E-state index contributed by atoms with van der Waals surface area (Å²) in [6.45, 7) is 5.62. The number of unbranched alkanes of at least 4 members (excludes halogenated alkanes) is 5. The van der Waals surface area contributed by atoms with Crippen LogP contribution in [-0.2, 0) is 0 Å². The molecular weight excluding hydrogens is 476 g/mol. The lowest BCUT2D eigenvalue weighted by Gasteiger charge is -2.07. The Labute approximate surface area is 226 Å². The molecule has 5 heteroatoms. The van der Waals surface area contributed by atoms with E-state index in [9.17, 15) is 9.59 Å². The number of benzene rings is 3. The lowest BCUT2D eigenvalue weighted by molar-refractivity contribution is 0.0734. The van der Waals surface area contributed by atoms with Crippen LogP contribution in [0.2, 0.25) is 0 Å². The second-order valence-corrected chi connectivity index (χ2v) is 9.17. The van der Waals surface area contributed by atoms with Crippen LogP contribution >= 0.6 is 0 Å². The van der Waals surface area contributed by atoms with Gasteiger partial charge in [-0.2, -0.15) is 0 Å². The molecule has 0 atom stereocenters. The molecule has 0 aliphatic heterocycles. The summed E-state index contributed by atoms with van der Waals surface area (Å²) in [5, 5.41) is 0. The molecule has 3 aromatic rings. The highest BCUT2D eigenvalue weighted by atomic mass is 16.5. The first kappa shape index (κ1) is 28.7. The number of hydrogen-bond acceptors (Lipinski definition) is 5. The molecule has 0 amide bonds. The standard InChI is InChI=1S/C33H38O5/c1-3-5-6-7-8-9-25-37-29-17-10-26(11-18-29)12-23-32(34)27-13-21-31(22-14-27)38-33(35)28-15-19-30(20-16-28)36-24-4-2/h10-23H,3-9,24-25H2,1-2H3/b23-12+. The van der Waals surface area contributed by atoms with Crippen LogP contribution in [0.4, 0.5) is 0 Å². The first-order chi connectivity index (χ1) is 18.6. The molecule has 0 fully saturated rings. The van der Waals surface area contributed by atoms with Crippen LogP contribution in [-0.4, -0.2) is 25.0 Å². The minimum absolute atomic E-state index is 0.131. The van der Waals surface area contributed by atoms with Crippen LogP contribution in [0.5, 0.6) is 17.2 Å². The molecule has 3 rings (SSSR count). The SMILES string of the molecule is CCCCCCCCOc1ccc(/C=C/C(=O)c2ccc(OC(=O)c3ccc(OCCC)cc3)cc2)cc1. The van der Waals surface area contributed by atoms with Crippen molar-refractivity contribution in [2.24, 2.45) is 0 Å². The monoisotopic (exact) mass is 514 g/mol. The fraction of sp³-hybridized carbons (Fsp3) is 0.333. The van der Waals surface area contributed by atoms with Crippen LogP contribution in [0.3, 0.4) is 0 Å². The predicted molar refractivity (Wildman–Crippen MR) is 152 cm³/mol. The Morgan fingerprint density at radius 3 is 1.82 bits per heavy atom. The average Bonchev–Trinajstić information content (AvgIpc) is 2.95. The van der Waals surface area contributed by atoms with Crippen molar-refractivity contribution in [3.63, 3.8) is 0 Å². The van der Waals surface area contributed by atoms with Crippen LogP contribution in [0.1, 0.15) is 85.1 Å². The fourth-order valence-corrected chi connectivity index (χ4v) is 3.78. The summed E-state index contributed by atoms with van der Waals surface area (Å²) in [4.78, 5) is 25.0. The van der Waals surface area contributed by atoms with Crippen molar-refractivity contribution in [2.45, 2.75) is 58.8 Å². The van der Waals surface area contributed by atoms with Gasteiger partial charge >= 0.3 is 5.97 Å². The molecule has 200 valence electrons. The fourth-order valence-electron chi connectivity index (χ4n) is 3.78. The first-order valence-corrected chi connectivity index (χ1v) is 13.6. The number of rotatable bonds is 16. The molecule has 0 N–H and O–H groups in total. The smallest absolute Gasteiger partial charge is 0.343 e. The van der Waals surface area contributed by atoms with Gasteiger partial charge in [0.15, 0.2) is 5.78 Å². The zero-order valence-electron chi connectivity index (χ0n) is 22.5. The van der Waals surface area contributed by atoms with E-state index in [0.29, 0.717) is 29.2 Å². The zero-order valence-corrected chi connectivity index (χ0v) is 22.5. The van der Waals surface area contributed by atoms with Gasteiger partial charge in [-0.25, -0.2) is 4.79 Å². The minimum atomic E-state index is -0.467. The van der Waals surface area contributed by atoms with E-state index in [2.05, 4.69) is 6.92 Å². The van der Waals surface area contributed by atoms with Crippen molar-refractivity contribution < 1.29 is 23.8 Å². The van der Waals surface area contributed by atoms with Crippen molar-refractivity contribution in [1.29, 1.82) is 0 Å². The second kappa shape index (κ2) is 16.1. The highest BCUT2D eigenvalue weighted by Crippen LogP contribution is 2.18. The van der Waals surface area contributed by atoms with Gasteiger partial charge in [0.05, 0.1) is 18.8 Å². The van der Waals surface area contributed by atoms with Gasteiger partial charge in [0, 0.05) is 5.56 Å². The van der Waals surface area contributed by atoms with E-state index in [0.717, 1.165) is 30.8 Å². The van der Waals surface area contributed by atoms with E-state index in [4.69, 9.17) is 14.2 Å².